The summed E-state index contributed by atoms with van der Waals surface area (Å²) in [5, 5.41) is 7.63. The second kappa shape index (κ2) is 8.87. The fourth-order valence-corrected chi connectivity index (χ4v) is 2.72. The summed E-state index contributed by atoms with van der Waals surface area (Å²) in [6.45, 7) is 4.11. The fourth-order valence-electron chi connectivity index (χ4n) is 2.38. The first kappa shape index (κ1) is 19.3. The number of nitrogens with one attached hydrogen (secondary N) is 1. The molecule has 0 aliphatic carbocycles. The molecule has 25 heavy (non-hydrogen) atoms. The third kappa shape index (κ3) is 5.21. The number of aromatic nitrogens is 2. The molecule has 0 aliphatic rings. The molecule has 1 unspecified atom stereocenters. The van der Waals surface area contributed by atoms with Gasteiger partial charge >= 0.3 is 0 Å². The maximum absolute atomic E-state index is 12.7. The Morgan fingerprint density at radius 3 is 2.76 bits per heavy atom. The summed E-state index contributed by atoms with van der Waals surface area (Å²) < 4.78 is 1.57. The van der Waals surface area contributed by atoms with E-state index in [4.69, 9.17) is 23.2 Å². The Hall–Kier alpha value is -2.05. The molecule has 0 saturated heterocycles. The van der Waals surface area contributed by atoms with Crippen LogP contribution >= 0.6 is 23.2 Å². The Kier molecular flexibility index (Phi) is 6.84. The van der Waals surface area contributed by atoms with E-state index in [1.807, 2.05) is 6.92 Å². The summed E-state index contributed by atoms with van der Waals surface area (Å²) in [4.78, 5) is 26.5. The number of carbonyl (C=O) groups excluding carboxylic acids is 2. The Morgan fingerprint density at radius 2 is 2.12 bits per heavy atom. The summed E-state index contributed by atoms with van der Waals surface area (Å²) in [6.07, 6.45) is 4.07. The van der Waals surface area contributed by atoms with Crippen molar-refractivity contribution in [3.63, 3.8) is 0 Å². The van der Waals surface area contributed by atoms with Crippen molar-refractivity contribution in [1.82, 2.24) is 14.7 Å². The van der Waals surface area contributed by atoms with Crippen molar-refractivity contribution in [2.75, 3.05) is 18.4 Å². The van der Waals surface area contributed by atoms with Crippen molar-refractivity contribution in [2.45, 2.75) is 26.3 Å². The van der Waals surface area contributed by atoms with Gasteiger partial charge in [-0.2, -0.15) is 5.10 Å². The predicted octanol–water partition coefficient (Wildman–Crippen LogP) is 3.63. The molecule has 0 radical (unpaired) electrons. The quantitative estimate of drug-likeness (QED) is 0.794. The van der Waals surface area contributed by atoms with Gasteiger partial charge in [0, 0.05) is 24.0 Å². The van der Waals surface area contributed by atoms with Gasteiger partial charge in [0.2, 0.25) is 11.8 Å². The monoisotopic (exact) mass is 382 g/mol. The van der Waals surface area contributed by atoms with Crippen LogP contribution in [0.15, 0.2) is 36.7 Å². The molecular weight excluding hydrogens is 363 g/mol. The third-order valence-electron chi connectivity index (χ3n) is 3.62. The van der Waals surface area contributed by atoms with Crippen LogP contribution in [-0.4, -0.2) is 39.6 Å². The van der Waals surface area contributed by atoms with Crippen LogP contribution < -0.4 is 5.32 Å². The predicted molar refractivity (Wildman–Crippen MR) is 98.9 cm³/mol. The minimum Gasteiger partial charge on any atom is -0.332 e. The topological polar surface area (TPSA) is 67.2 Å². The largest absolute Gasteiger partial charge is 0.332 e. The van der Waals surface area contributed by atoms with Crippen LogP contribution in [0.5, 0.6) is 0 Å². The van der Waals surface area contributed by atoms with Crippen molar-refractivity contribution in [2.24, 2.45) is 0 Å². The third-order valence-corrected chi connectivity index (χ3v) is 4.19. The molecule has 0 bridgehead atoms. The van der Waals surface area contributed by atoms with Gasteiger partial charge < -0.3 is 10.2 Å². The Bertz CT molecular complexity index is 734. The average molecular weight is 383 g/mol. The number of hydrogen-bond donors (Lipinski definition) is 1. The molecule has 1 atom stereocenters. The van der Waals surface area contributed by atoms with E-state index in [1.165, 1.54) is 4.90 Å². The van der Waals surface area contributed by atoms with E-state index in [1.54, 1.807) is 48.3 Å². The van der Waals surface area contributed by atoms with E-state index in [0.717, 1.165) is 6.42 Å². The van der Waals surface area contributed by atoms with Gasteiger partial charge in [-0.15, -0.1) is 0 Å². The molecule has 2 amide bonds. The van der Waals surface area contributed by atoms with Gasteiger partial charge in [-0.3, -0.25) is 14.3 Å². The number of rotatable bonds is 7. The van der Waals surface area contributed by atoms with Crippen molar-refractivity contribution in [3.8, 4) is 0 Å². The lowest BCUT2D eigenvalue weighted by molar-refractivity contribution is -0.137. The van der Waals surface area contributed by atoms with Crippen LogP contribution in [0.25, 0.3) is 0 Å². The van der Waals surface area contributed by atoms with E-state index >= 15 is 0 Å². The van der Waals surface area contributed by atoms with Crippen LogP contribution in [-0.2, 0) is 9.59 Å². The minimum absolute atomic E-state index is 0.0683. The van der Waals surface area contributed by atoms with E-state index < -0.39 is 6.04 Å². The smallest absolute Gasteiger partial charge is 0.247 e. The van der Waals surface area contributed by atoms with Gasteiger partial charge in [-0.1, -0.05) is 30.1 Å². The molecule has 1 heterocycles. The number of amides is 2. The molecule has 2 aromatic rings. The number of anilines is 1. The molecular formula is C17H20Cl2N4O2. The molecule has 134 valence electrons. The van der Waals surface area contributed by atoms with Crippen LogP contribution in [0.4, 0.5) is 5.69 Å². The molecule has 0 fully saturated rings. The molecule has 1 aromatic heterocycles. The zero-order valence-electron chi connectivity index (χ0n) is 14.1. The Labute approximate surface area is 156 Å². The lowest BCUT2D eigenvalue weighted by Gasteiger charge is -2.25. The Balaban J connectivity index is 2.06. The van der Waals surface area contributed by atoms with Crippen LogP contribution in [0.3, 0.4) is 0 Å². The zero-order chi connectivity index (χ0) is 18.4. The van der Waals surface area contributed by atoms with Gasteiger partial charge in [0.1, 0.15) is 6.04 Å². The molecule has 2 rings (SSSR count). The van der Waals surface area contributed by atoms with E-state index in [9.17, 15) is 9.59 Å². The van der Waals surface area contributed by atoms with Gasteiger partial charge in [0.25, 0.3) is 0 Å². The molecule has 6 nitrogen and oxygen atoms in total. The lowest BCUT2D eigenvalue weighted by atomic mass is 10.2. The minimum atomic E-state index is -0.482. The number of benzene rings is 1. The number of carbonyl (C=O) groups is 2. The van der Waals surface area contributed by atoms with Crippen LogP contribution in [0, 0.1) is 0 Å². The zero-order valence-corrected chi connectivity index (χ0v) is 15.6. The number of halogens is 2. The summed E-state index contributed by atoms with van der Waals surface area (Å²) >= 11 is 12.0. The molecule has 1 N–H and O–H groups in total. The van der Waals surface area contributed by atoms with Crippen LogP contribution in [0.2, 0.25) is 10.0 Å². The van der Waals surface area contributed by atoms with Crippen molar-refractivity contribution in [1.29, 1.82) is 0 Å². The highest BCUT2D eigenvalue weighted by molar-refractivity contribution is 6.35. The summed E-state index contributed by atoms with van der Waals surface area (Å²) in [6, 6.07) is 6.08. The summed E-state index contributed by atoms with van der Waals surface area (Å²) in [5.41, 5.74) is 0.420. The summed E-state index contributed by atoms with van der Waals surface area (Å²) in [7, 11) is 0. The number of hydrogen-bond acceptors (Lipinski definition) is 3. The van der Waals surface area contributed by atoms with Gasteiger partial charge in [-0.25, -0.2) is 0 Å². The normalized spacial score (nSPS) is 11.8. The molecule has 0 aliphatic heterocycles. The first-order valence-corrected chi connectivity index (χ1v) is 8.70. The number of nitrogens with zero attached hydrogens (tertiary/aromatic N) is 3. The standard InChI is InChI=1S/C17H20Cl2N4O2/c1-3-8-22(17(25)12(2)23-9-4-7-20-23)11-16(24)21-15-10-13(18)5-6-14(15)19/h4-7,9-10,12H,3,8,11H2,1-2H3,(H,21,24). The van der Waals surface area contributed by atoms with Crippen molar-refractivity contribution in [3.05, 3.63) is 46.7 Å². The van der Waals surface area contributed by atoms with E-state index in [-0.39, 0.29) is 18.4 Å². The van der Waals surface area contributed by atoms with Gasteiger partial charge in [0.15, 0.2) is 0 Å². The SMILES string of the molecule is CCCN(CC(=O)Nc1cc(Cl)ccc1Cl)C(=O)C(C)n1cccn1. The molecule has 0 spiro atoms. The van der Waals surface area contributed by atoms with Crippen molar-refractivity contribution < 1.29 is 9.59 Å². The van der Waals surface area contributed by atoms with Gasteiger partial charge in [-0.05, 0) is 37.6 Å². The van der Waals surface area contributed by atoms with E-state index in [0.29, 0.717) is 22.3 Å². The Morgan fingerprint density at radius 1 is 1.36 bits per heavy atom. The second-order valence-electron chi connectivity index (χ2n) is 5.59. The first-order valence-electron chi connectivity index (χ1n) is 7.95. The highest BCUT2D eigenvalue weighted by atomic mass is 35.5. The highest BCUT2D eigenvalue weighted by Crippen LogP contribution is 2.25. The maximum Gasteiger partial charge on any atom is 0.247 e. The van der Waals surface area contributed by atoms with E-state index in [2.05, 4.69) is 10.4 Å². The average Bonchev–Trinajstić information content (AvgIpc) is 3.11. The van der Waals surface area contributed by atoms with Crippen LogP contribution in [0.1, 0.15) is 26.3 Å². The molecule has 8 heteroatoms. The van der Waals surface area contributed by atoms with Gasteiger partial charge in [0.05, 0.1) is 17.3 Å². The second-order valence-corrected chi connectivity index (χ2v) is 6.44. The molecule has 1 aromatic carbocycles. The lowest BCUT2D eigenvalue weighted by Crippen LogP contribution is -2.41. The molecule has 0 saturated carbocycles. The summed E-state index contributed by atoms with van der Waals surface area (Å²) in [5.74, 6) is -0.503. The first-order chi connectivity index (χ1) is 11.9. The maximum atomic E-state index is 12.7. The fraction of sp³-hybridized carbons (Fsp3) is 0.353. The van der Waals surface area contributed by atoms with Crippen molar-refractivity contribution >= 4 is 40.7 Å². The highest BCUT2D eigenvalue weighted by Gasteiger charge is 2.23.